The van der Waals surface area contributed by atoms with Crippen molar-refractivity contribution >= 4 is 28.3 Å². The van der Waals surface area contributed by atoms with Crippen LogP contribution in [0.25, 0.3) is 10.9 Å². The molecule has 0 atom stereocenters. The molecule has 0 fully saturated rings. The molecule has 1 aromatic heterocycles. The standard InChI is InChI=1S/C25H22N2O3/c1-18-11-13-19(14-12-18)26-25(29)16-27-15-22(21-9-5-6-10-23(21)27)24(28)17-30-20-7-3-2-4-8-20/h2-15H,16-17H2,1H3,(H,26,29). The molecule has 0 aliphatic carbocycles. The molecule has 5 heteroatoms. The van der Waals surface area contributed by atoms with E-state index in [-0.39, 0.29) is 24.8 Å². The summed E-state index contributed by atoms with van der Waals surface area (Å²) >= 11 is 0. The van der Waals surface area contributed by atoms with E-state index in [1.165, 1.54) is 0 Å². The molecule has 0 aliphatic rings. The third kappa shape index (κ3) is 4.41. The maximum absolute atomic E-state index is 12.8. The van der Waals surface area contributed by atoms with E-state index in [1.807, 2.05) is 85.8 Å². The van der Waals surface area contributed by atoms with Gasteiger partial charge in [-0.1, -0.05) is 54.1 Å². The number of ether oxygens (including phenoxy) is 1. The van der Waals surface area contributed by atoms with Crippen molar-refractivity contribution in [3.05, 3.63) is 96.2 Å². The van der Waals surface area contributed by atoms with Crippen LogP contribution in [0.1, 0.15) is 15.9 Å². The molecular weight excluding hydrogens is 376 g/mol. The van der Waals surface area contributed by atoms with Gasteiger partial charge < -0.3 is 14.6 Å². The van der Waals surface area contributed by atoms with Crippen molar-refractivity contribution in [2.45, 2.75) is 13.5 Å². The molecule has 1 N–H and O–H groups in total. The van der Waals surface area contributed by atoms with Crippen LogP contribution in [0.5, 0.6) is 5.75 Å². The zero-order chi connectivity index (χ0) is 20.9. The van der Waals surface area contributed by atoms with Crippen molar-refractivity contribution in [2.24, 2.45) is 0 Å². The Morgan fingerprint density at radius 2 is 1.60 bits per heavy atom. The minimum absolute atomic E-state index is 0.0619. The highest BCUT2D eigenvalue weighted by molar-refractivity contribution is 6.09. The van der Waals surface area contributed by atoms with E-state index in [1.54, 1.807) is 10.8 Å². The lowest BCUT2D eigenvalue weighted by Gasteiger charge is -2.07. The summed E-state index contributed by atoms with van der Waals surface area (Å²) in [6.45, 7) is 2.05. The van der Waals surface area contributed by atoms with Gasteiger partial charge in [-0.2, -0.15) is 0 Å². The second kappa shape index (κ2) is 8.66. The Morgan fingerprint density at radius 1 is 0.900 bits per heavy atom. The number of carbonyl (C=O) groups excluding carboxylic acids is 2. The highest BCUT2D eigenvalue weighted by Gasteiger charge is 2.17. The number of carbonyl (C=O) groups is 2. The predicted octanol–water partition coefficient (Wildman–Crippen LogP) is 4.85. The van der Waals surface area contributed by atoms with Crippen molar-refractivity contribution in [1.29, 1.82) is 0 Å². The fourth-order valence-corrected chi connectivity index (χ4v) is 3.34. The molecule has 0 spiro atoms. The lowest BCUT2D eigenvalue weighted by Crippen LogP contribution is -2.18. The van der Waals surface area contributed by atoms with Crippen molar-refractivity contribution in [1.82, 2.24) is 4.57 Å². The van der Waals surface area contributed by atoms with E-state index in [0.717, 1.165) is 22.2 Å². The van der Waals surface area contributed by atoms with Crippen molar-refractivity contribution in [3.63, 3.8) is 0 Å². The fraction of sp³-hybridized carbons (Fsp3) is 0.120. The van der Waals surface area contributed by atoms with E-state index >= 15 is 0 Å². The Bertz CT molecular complexity index is 1180. The minimum Gasteiger partial charge on any atom is -0.485 e. The largest absolute Gasteiger partial charge is 0.485 e. The van der Waals surface area contributed by atoms with Gasteiger partial charge in [0.2, 0.25) is 11.7 Å². The van der Waals surface area contributed by atoms with Gasteiger partial charge in [0.25, 0.3) is 0 Å². The molecule has 1 amide bonds. The first-order chi connectivity index (χ1) is 14.6. The number of aryl methyl sites for hydroxylation is 1. The number of aromatic nitrogens is 1. The third-order valence-corrected chi connectivity index (χ3v) is 4.85. The van der Waals surface area contributed by atoms with E-state index in [2.05, 4.69) is 5.32 Å². The van der Waals surface area contributed by atoms with Gasteiger partial charge in [-0.15, -0.1) is 0 Å². The van der Waals surface area contributed by atoms with Gasteiger partial charge in [-0.25, -0.2) is 0 Å². The van der Waals surface area contributed by atoms with Gasteiger partial charge in [-0.3, -0.25) is 9.59 Å². The number of anilines is 1. The summed E-state index contributed by atoms with van der Waals surface area (Å²) in [7, 11) is 0. The van der Waals surface area contributed by atoms with Crippen LogP contribution in [0.15, 0.2) is 85.1 Å². The van der Waals surface area contributed by atoms with Crippen LogP contribution in [-0.4, -0.2) is 22.9 Å². The van der Waals surface area contributed by atoms with Gasteiger partial charge in [-0.05, 0) is 37.3 Å². The van der Waals surface area contributed by atoms with Crippen LogP contribution < -0.4 is 10.1 Å². The molecule has 0 aliphatic heterocycles. The number of ketones is 1. The fourth-order valence-electron chi connectivity index (χ4n) is 3.34. The van der Waals surface area contributed by atoms with Gasteiger partial charge in [0.1, 0.15) is 12.3 Å². The highest BCUT2D eigenvalue weighted by Crippen LogP contribution is 2.22. The van der Waals surface area contributed by atoms with Crippen LogP contribution in [0, 0.1) is 6.92 Å². The maximum Gasteiger partial charge on any atom is 0.244 e. The third-order valence-electron chi connectivity index (χ3n) is 4.85. The number of fused-ring (bicyclic) bond motifs is 1. The first-order valence-electron chi connectivity index (χ1n) is 9.75. The molecule has 1 heterocycles. The predicted molar refractivity (Wildman–Crippen MR) is 118 cm³/mol. The monoisotopic (exact) mass is 398 g/mol. The number of hydrogen-bond donors (Lipinski definition) is 1. The zero-order valence-electron chi connectivity index (χ0n) is 16.7. The molecule has 3 aromatic carbocycles. The van der Waals surface area contributed by atoms with Crippen LogP contribution in [0.4, 0.5) is 5.69 Å². The normalized spacial score (nSPS) is 10.7. The van der Waals surface area contributed by atoms with Gasteiger partial charge in [0.15, 0.2) is 6.61 Å². The number of Topliss-reactive ketones (excluding diaryl/α,β-unsaturated/α-hetero) is 1. The number of benzene rings is 3. The summed E-state index contributed by atoms with van der Waals surface area (Å²) < 4.78 is 7.41. The number of para-hydroxylation sites is 2. The van der Waals surface area contributed by atoms with Gasteiger partial charge in [0.05, 0.1) is 0 Å². The summed E-state index contributed by atoms with van der Waals surface area (Å²) in [6, 6.07) is 24.4. The molecule has 4 aromatic rings. The quantitative estimate of drug-likeness (QED) is 0.453. The van der Waals surface area contributed by atoms with E-state index in [4.69, 9.17) is 4.74 Å². The summed E-state index contributed by atoms with van der Waals surface area (Å²) in [6.07, 6.45) is 1.73. The first-order valence-corrected chi connectivity index (χ1v) is 9.75. The van der Waals surface area contributed by atoms with Crippen LogP contribution in [0.3, 0.4) is 0 Å². The molecule has 150 valence electrons. The summed E-state index contributed by atoms with van der Waals surface area (Å²) in [4.78, 5) is 25.4. The Morgan fingerprint density at radius 3 is 2.37 bits per heavy atom. The number of hydrogen-bond acceptors (Lipinski definition) is 3. The number of nitrogens with one attached hydrogen (secondary N) is 1. The molecule has 0 radical (unpaired) electrons. The average Bonchev–Trinajstić information content (AvgIpc) is 3.13. The Kier molecular flexibility index (Phi) is 5.61. The van der Waals surface area contributed by atoms with E-state index in [0.29, 0.717) is 11.3 Å². The second-order valence-electron chi connectivity index (χ2n) is 7.13. The SMILES string of the molecule is Cc1ccc(NC(=O)Cn2cc(C(=O)COc3ccccc3)c3ccccc32)cc1. The Labute approximate surface area is 174 Å². The van der Waals surface area contributed by atoms with Crippen LogP contribution in [0.2, 0.25) is 0 Å². The van der Waals surface area contributed by atoms with E-state index < -0.39 is 0 Å². The van der Waals surface area contributed by atoms with Crippen molar-refractivity contribution < 1.29 is 14.3 Å². The second-order valence-corrected chi connectivity index (χ2v) is 7.13. The van der Waals surface area contributed by atoms with Crippen molar-refractivity contribution in [3.8, 4) is 5.75 Å². The zero-order valence-corrected chi connectivity index (χ0v) is 16.7. The molecular formula is C25H22N2O3. The lowest BCUT2D eigenvalue weighted by atomic mass is 10.1. The summed E-state index contributed by atoms with van der Waals surface area (Å²) in [5.74, 6) is 0.360. The van der Waals surface area contributed by atoms with Gasteiger partial charge in [0, 0.05) is 28.4 Å². The average molecular weight is 398 g/mol. The topological polar surface area (TPSA) is 60.3 Å². The summed E-state index contributed by atoms with van der Waals surface area (Å²) in [5, 5.41) is 3.71. The number of amides is 1. The highest BCUT2D eigenvalue weighted by atomic mass is 16.5. The summed E-state index contributed by atoms with van der Waals surface area (Å²) in [5.41, 5.74) is 3.25. The van der Waals surface area contributed by atoms with Crippen LogP contribution >= 0.6 is 0 Å². The molecule has 0 unspecified atom stereocenters. The molecule has 0 saturated carbocycles. The molecule has 5 nitrogen and oxygen atoms in total. The smallest absolute Gasteiger partial charge is 0.244 e. The number of rotatable bonds is 7. The lowest BCUT2D eigenvalue weighted by molar-refractivity contribution is -0.116. The maximum atomic E-state index is 12.8. The molecule has 0 bridgehead atoms. The van der Waals surface area contributed by atoms with E-state index in [9.17, 15) is 9.59 Å². The molecule has 4 rings (SSSR count). The molecule has 30 heavy (non-hydrogen) atoms. The molecule has 0 saturated heterocycles. The van der Waals surface area contributed by atoms with Crippen LogP contribution in [-0.2, 0) is 11.3 Å². The van der Waals surface area contributed by atoms with Gasteiger partial charge >= 0.3 is 0 Å². The van der Waals surface area contributed by atoms with Crippen molar-refractivity contribution in [2.75, 3.05) is 11.9 Å². The Hall–Kier alpha value is -3.86. The number of nitrogens with zero attached hydrogens (tertiary/aromatic N) is 1. The minimum atomic E-state index is -0.154. The Balaban J connectivity index is 1.52. The first kappa shape index (κ1) is 19.5.